The van der Waals surface area contributed by atoms with Crippen LogP contribution >= 0.6 is 22.9 Å². The zero-order chi connectivity index (χ0) is 16.8. The molecule has 23 heavy (non-hydrogen) atoms. The molecule has 0 spiro atoms. The van der Waals surface area contributed by atoms with Crippen molar-refractivity contribution >= 4 is 56.9 Å². The van der Waals surface area contributed by atoms with Crippen molar-refractivity contribution in [3.8, 4) is 0 Å². The number of carbonyl (C=O) groups is 3. The number of nitrogens with one attached hydrogen (secondary N) is 1. The number of amides is 2. The third-order valence-electron chi connectivity index (χ3n) is 2.74. The van der Waals surface area contributed by atoms with Gasteiger partial charge in [-0.1, -0.05) is 29.8 Å². The van der Waals surface area contributed by atoms with E-state index in [9.17, 15) is 14.4 Å². The summed E-state index contributed by atoms with van der Waals surface area (Å²) in [5, 5.41) is 3.68. The number of hydrogen-bond acceptors (Lipinski definition) is 5. The first-order chi connectivity index (χ1) is 11.0. The smallest absolute Gasteiger partial charge is 0.331 e. The first-order valence-electron chi connectivity index (χ1n) is 6.54. The second kappa shape index (κ2) is 7.75. The van der Waals surface area contributed by atoms with Crippen LogP contribution in [0, 0.1) is 0 Å². The molecule has 0 saturated heterocycles. The lowest BCUT2D eigenvalue weighted by molar-refractivity contribution is -0.143. The van der Waals surface area contributed by atoms with E-state index in [1.807, 2.05) is 24.3 Å². The third-order valence-corrected chi connectivity index (χ3v) is 4.39. The first kappa shape index (κ1) is 17.0. The fourth-order valence-corrected chi connectivity index (χ4v) is 3.10. The largest absolute Gasteiger partial charge is 0.452 e. The number of fused-ring (bicyclic) bond motifs is 1. The molecule has 2 rings (SSSR count). The Balaban J connectivity index is 1.91. The van der Waals surface area contributed by atoms with Crippen LogP contribution in [-0.4, -0.2) is 30.9 Å². The van der Waals surface area contributed by atoms with Crippen LogP contribution in [0.2, 0.25) is 5.02 Å². The molecule has 2 amide bonds. The Hall–Kier alpha value is -2.38. The number of hydrogen-bond donors (Lipinski definition) is 2. The molecule has 0 radical (unpaired) electrons. The molecule has 0 aliphatic heterocycles. The number of benzene rings is 1. The van der Waals surface area contributed by atoms with Gasteiger partial charge < -0.3 is 15.8 Å². The van der Waals surface area contributed by atoms with Crippen molar-refractivity contribution in [2.45, 2.75) is 0 Å². The molecule has 120 valence electrons. The number of halogens is 1. The number of esters is 1. The molecule has 0 unspecified atom stereocenters. The SMILES string of the molecule is NC(=O)CNC(=O)COC(=O)/C=C/c1sc2ccccc2c1Cl. The summed E-state index contributed by atoms with van der Waals surface area (Å²) in [4.78, 5) is 34.0. The van der Waals surface area contributed by atoms with Crippen molar-refractivity contribution in [2.75, 3.05) is 13.2 Å². The first-order valence-corrected chi connectivity index (χ1v) is 7.73. The van der Waals surface area contributed by atoms with Gasteiger partial charge in [-0.2, -0.15) is 0 Å². The highest BCUT2D eigenvalue weighted by molar-refractivity contribution is 7.20. The molecule has 1 aromatic carbocycles. The third kappa shape index (κ3) is 4.80. The molecule has 0 saturated carbocycles. The quantitative estimate of drug-likeness (QED) is 0.610. The van der Waals surface area contributed by atoms with Gasteiger partial charge >= 0.3 is 5.97 Å². The zero-order valence-corrected chi connectivity index (χ0v) is 13.4. The average molecular weight is 353 g/mol. The topological polar surface area (TPSA) is 98.5 Å². The summed E-state index contributed by atoms with van der Waals surface area (Å²) in [6.07, 6.45) is 2.73. The van der Waals surface area contributed by atoms with Crippen molar-refractivity contribution < 1.29 is 19.1 Å². The summed E-state index contributed by atoms with van der Waals surface area (Å²) in [6, 6.07) is 7.62. The highest BCUT2D eigenvalue weighted by Gasteiger charge is 2.09. The summed E-state index contributed by atoms with van der Waals surface area (Å²) in [7, 11) is 0. The van der Waals surface area contributed by atoms with Gasteiger partial charge in [0.25, 0.3) is 5.91 Å². The molecule has 8 heteroatoms. The van der Waals surface area contributed by atoms with Crippen molar-refractivity contribution in [3.63, 3.8) is 0 Å². The fourth-order valence-electron chi connectivity index (χ4n) is 1.71. The van der Waals surface area contributed by atoms with Gasteiger partial charge in [-0.3, -0.25) is 9.59 Å². The Morgan fingerprint density at radius 2 is 2.04 bits per heavy atom. The molecule has 3 N–H and O–H groups in total. The van der Waals surface area contributed by atoms with Crippen LogP contribution < -0.4 is 11.1 Å². The zero-order valence-electron chi connectivity index (χ0n) is 11.9. The number of ether oxygens (including phenoxy) is 1. The van der Waals surface area contributed by atoms with E-state index >= 15 is 0 Å². The van der Waals surface area contributed by atoms with Gasteiger partial charge in [-0.25, -0.2) is 4.79 Å². The molecule has 0 aliphatic carbocycles. The second-order valence-electron chi connectivity index (χ2n) is 4.46. The number of carbonyl (C=O) groups excluding carboxylic acids is 3. The fraction of sp³-hybridized carbons (Fsp3) is 0.133. The van der Waals surface area contributed by atoms with Gasteiger partial charge in [0.15, 0.2) is 6.61 Å². The average Bonchev–Trinajstić information content (AvgIpc) is 2.85. The molecule has 0 atom stereocenters. The maximum Gasteiger partial charge on any atom is 0.331 e. The molecule has 0 bridgehead atoms. The number of thiophene rings is 1. The van der Waals surface area contributed by atoms with E-state index < -0.39 is 24.4 Å². The lowest BCUT2D eigenvalue weighted by atomic mass is 10.2. The highest BCUT2D eigenvalue weighted by atomic mass is 35.5. The Morgan fingerprint density at radius 1 is 1.30 bits per heavy atom. The summed E-state index contributed by atoms with van der Waals surface area (Å²) in [5.74, 6) is -1.97. The van der Waals surface area contributed by atoms with Crippen LogP contribution in [-0.2, 0) is 19.1 Å². The van der Waals surface area contributed by atoms with Gasteiger partial charge in [0.2, 0.25) is 5.91 Å². The maximum absolute atomic E-state index is 11.6. The molecular weight excluding hydrogens is 340 g/mol. The Morgan fingerprint density at radius 3 is 2.74 bits per heavy atom. The minimum Gasteiger partial charge on any atom is -0.452 e. The summed E-state index contributed by atoms with van der Waals surface area (Å²) >= 11 is 7.68. The minimum atomic E-state index is -0.687. The number of nitrogens with two attached hydrogens (primary N) is 1. The monoisotopic (exact) mass is 352 g/mol. The van der Waals surface area contributed by atoms with E-state index in [1.165, 1.54) is 23.5 Å². The maximum atomic E-state index is 11.6. The van der Waals surface area contributed by atoms with E-state index in [1.54, 1.807) is 0 Å². The van der Waals surface area contributed by atoms with Crippen molar-refractivity contribution in [1.82, 2.24) is 5.32 Å². The Labute approximate surface area is 140 Å². The van der Waals surface area contributed by atoms with Crippen LogP contribution in [0.5, 0.6) is 0 Å². The van der Waals surface area contributed by atoms with Crippen molar-refractivity contribution in [1.29, 1.82) is 0 Å². The minimum absolute atomic E-state index is 0.302. The Kier molecular flexibility index (Phi) is 5.72. The molecule has 6 nitrogen and oxygen atoms in total. The Bertz CT molecular complexity index is 785. The second-order valence-corrected chi connectivity index (χ2v) is 5.92. The standard InChI is InChI=1S/C15H13ClN2O4S/c16-15-9-3-1-2-4-10(9)23-11(15)5-6-14(21)22-8-13(20)18-7-12(17)19/h1-6H,7-8H2,(H2,17,19)(H,18,20)/b6-5+. The normalized spacial score (nSPS) is 10.8. The molecule has 1 heterocycles. The van der Waals surface area contributed by atoms with Crippen molar-refractivity contribution in [2.24, 2.45) is 5.73 Å². The van der Waals surface area contributed by atoms with Crippen LogP contribution in [0.3, 0.4) is 0 Å². The van der Waals surface area contributed by atoms with Gasteiger partial charge in [-0.05, 0) is 12.1 Å². The molecule has 2 aromatic rings. The molecule has 0 aliphatic rings. The van der Waals surface area contributed by atoms with Crippen LogP contribution in [0.25, 0.3) is 16.2 Å². The lowest BCUT2D eigenvalue weighted by Crippen LogP contribution is -2.35. The van der Waals surface area contributed by atoms with E-state index in [2.05, 4.69) is 5.32 Å². The van der Waals surface area contributed by atoms with Crippen molar-refractivity contribution in [3.05, 3.63) is 40.2 Å². The van der Waals surface area contributed by atoms with Gasteiger partial charge in [0.05, 0.1) is 11.6 Å². The molecule has 0 fully saturated rings. The van der Waals surface area contributed by atoms with E-state index in [-0.39, 0.29) is 6.54 Å². The van der Waals surface area contributed by atoms with Gasteiger partial charge in [0, 0.05) is 21.0 Å². The van der Waals surface area contributed by atoms with E-state index in [0.717, 1.165) is 15.0 Å². The molecular formula is C15H13ClN2O4S. The summed E-state index contributed by atoms with van der Waals surface area (Å²) < 4.78 is 5.75. The summed E-state index contributed by atoms with van der Waals surface area (Å²) in [5.41, 5.74) is 4.87. The predicted molar refractivity (Wildman–Crippen MR) is 89.0 cm³/mol. The number of primary amides is 1. The lowest BCUT2D eigenvalue weighted by Gasteiger charge is -2.02. The highest BCUT2D eigenvalue weighted by Crippen LogP contribution is 2.35. The number of rotatable bonds is 6. The predicted octanol–water partition coefficient (Wildman–Crippen LogP) is 1.71. The molecule has 1 aromatic heterocycles. The van der Waals surface area contributed by atoms with Crippen LogP contribution in [0.1, 0.15) is 4.88 Å². The van der Waals surface area contributed by atoms with E-state index in [4.69, 9.17) is 22.1 Å². The van der Waals surface area contributed by atoms with Gasteiger partial charge in [-0.15, -0.1) is 11.3 Å². The van der Waals surface area contributed by atoms with Crippen LogP contribution in [0.4, 0.5) is 0 Å². The van der Waals surface area contributed by atoms with E-state index in [0.29, 0.717) is 5.02 Å². The van der Waals surface area contributed by atoms with Crippen LogP contribution in [0.15, 0.2) is 30.3 Å². The van der Waals surface area contributed by atoms with Gasteiger partial charge in [0.1, 0.15) is 0 Å². The summed E-state index contributed by atoms with van der Waals surface area (Å²) in [6.45, 7) is -0.791.